The molecule has 6 nitrogen and oxygen atoms in total. The van der Waals surface area contributed by atoms with Gasteiger partial charge in [0, 0.05) is 0 Å². The summed E-state index contributed by atoms with van der Waals surface area (Å²) in [6.07, 6.45) is 0.380. The molecule has 2 rings (SSSR count). The highest BCUT2D eigenvalue weighted by Gasteiger charge is 2.17. The van der Waals surface area contributed by atoms with E-state index in [4.69, 9.17) is 18.9 Å². The third-order valence-electron chi connectivity index (χ3n) is 3.95. The van der Waals surface area contributed by atoms with Gasteiger partial charge in [-0.25, -0.2) is 0 Å². The van der Waals surface area contributed by atoms with Crippen molar-refractivity contribution < 1.29 is 28.5 Å². The highest BCUT2D eigenvalue weighted by molar-refractivity contribution is 5.73. The van der Waals surface area contributed by atoms with Crippen LogP contribution in [0.1, 0.15) is 52.7 Å². The molecule has 0 atom stereocenters. The van der Waals surface area contributed by atoms with E-state index in [-0.39, 0.29) is 24.8 Å². The second kappa shape index (κ2) is 11.0. The van der Waals surface area contributed by atoms with Gasteiger partial charge in [0.25, 0.3) is 0 Å². The lowest BCUT2D eigenvalue weighted by Crippen LogP contribution is -2.24. The molecule has 0 saturated carbocycles. The summed E-state index contributed by atoms with van der Waals surface area (Å²) in [4.78, 5) is 24.0. The summed E-state index contributed by atoms with van der Waals surface area (Å²) < 4.78 is 22.2. The zero-order valence-electron chi connectivity index (χ0n) is 19.9. The van der Waals surface area contributed by atoms with Gasteiger partial charge in [-0.2, -0.15) is 0 Å². The van der Waals surface area contributed by atoms with Gasteiger partial charge in [-0.05, 0) is 76.9 Å². The van der Waals surface area contributed by atoms with Crippen LogP contribution in [-0.2, 0) is 31.9 Å². The normalized spacial score (nSPS) is 11.6. The molecule has 0 aromatic heterocycles. The minimum atomic E-state index is -0.507. The fraction of sp³-hybridized carbons (Fsp3) is 0.462. The van der Waals surface area contributed by atoms with Crippen LogP contribution in [0.4, 0.5) is 0 Å². The Balaban J connectivity index is 1.80. The average molecular weight is 443 g/mol. The number of esters is 2. The third-order valence-corrected chi connectivity index (χ3v) is 3.95. The maximum atomic E-state index is 12.0. The topological polar surface area (TPSA) is 71.1 Å². The molecule has 0 N–H and O–H groups in total. The van der Waals surface area contributed by atoms with E-state index in [1.807, 2.05) is 90.1 Å². The van der Waals surface area contributed by atoms with E-state index in [1.165, 1.54) is 0 Å². The van der Waals surface area contributed by atoms with E-state index < -0.39 is 11.2 Å². The monoisotopic (exact) mass is 442 g/mol. The smallest absolute Gasteiger partial charge is 0.310 e. The van der Waals surface area contributed by atoms with Crippen molar-refractivity contribution in [3.63, 3.8) is 0 Å². The number of carbonyl (C=O) groups excluding carboxylic acids is 2. The molecular weight excluding hydrogens is 408 g/mol. The van der Waals surface area contributed by atoms with Gasteiger partial charge in [0.05, 0.1) is 12.8 Å². The summed E-state index contributed by atoms with van der Waals surface area (Å²) in [5.74, 6) is 0.773. The molecule has 0 fully saturated rings. The molecule has 32 heavy (non-hydrogen) atoms. The molecule has 0 saturated heterocycles. The quantitative estimate of drug-likeness (QED) is 0.406. The Morgan fingerprint density at radius 2 is 1.03 bits per heavy atom. The first-order valence-corrected chi connectivity index (χ1v) is 10.8. The van der Waals surface area contributed by atoms with Gasteiger partial charge in [0.1, 0.15) is 35.9 Å². The number of rotatable bonds is 9. The lowest BCUT2D eigenvalue weighted by molar-refractivity contribution is -0.155. The minimum Gasteiger partial charge on any atom is -0.490 e. The molecule has 2 aromatic carbocycles. The summed E-state index contributed by atoms with van der Waals surface area (Å²) in [6.45, 7) is 11.7. The van der Waals surface area contributed by atoms with Gasteiger partial charge < -0.3 is 18.9 Å². The Hall–Kier alpha value is -3.02. The lowest BCUT2D eigenvalue weighted by atomic mass is 10.1. The van der Waals surface area contributed by atoms with Crippen LogP contribution < -0.4 is 9.47 Å². The summed E-state index contributed by atoms with van der Waals surface area (Å²) in [7, 11) is 0. The van der Waals surface area contributed by atoms with E-state index in [1.54, 1.807) is 0 Å². The summed E-state index contributed by atoms with van der Waals surface area (Å²) >= 11 is 0. The summed E-state index contributed by atoms with van der Waals surface area (Å²) in [5, 5.41) is 0. The Morgan fingerprint density at radius 1 is 0.656 bits per heavy atom. The molecule has 0 unspecified atom stereocenters. The van der Waals surface area contributed by atoms with Crippen LogP contribution in [0.15, 0.2) is 48.5 Å². The van der Waals surface area contributed by atoms with Crippen molar-refractivity contribution in [1.29, 1.82) is 0 Å². The van der Waals surface area contributed by atoms with E-state index in [0.717, 1.165) is 11.1 Å². The third kappa shape index (κ3) is 10.3. The van der Waals surface area contributed by atoms with Gasteiger partial charge >= 0.3 is 11.9 Å². The van der Waals surface area contributed by atoms with Crippen LogP contribution >= 0.6 is 0 Å². The standard InChI is InChI=1S/C26H34O6/c1-25(2,3)31-23(27)17-19-9-7-11-21(15-19)29-13-14-30-22-12-8-10-20(16-22)18-24(28)32-26(4,5)6/h7-12,15-16H,13-14,17-18H2,1-6H3. The van der Waals surface area contributed by atoms with Crippen LogP contribution in [0.3, 0.4) is 0 Å². The zero-order valence-corrected chi connectivity index (χ0v) is 19.9. The summed E-state index contributed by atoms with van der Waals surface area (Å²) in [5.41, 5.74) is 0.638. The van der Waals surface area contributed by atoms with Crippen molar-refractivity contribution >= 4 is 11.9 Å². The molecule has 174 valence electrons. The van der Waals surface area contributed by atoms with E-state index in [2.05, 4.69) is 0 Å². The van der Waals surface area contributed by atoms with Crippen LogP contribution in [0.2, 0.25) is 0 Å². The molecule has 0 radical (unpaired) electrons. The van der Waals surface area contributed by atoms with Crippen molar-refractivity contribution in [2.45, 2.75) is 65.6 Å². The first-order chi connectivity index (χ1) is 14.9. The zero-order chi connectivity index (χ0) is 23.8. The Kier molecular flexibility index (Phi) is 8.70. The number of hydrogen-bond donors (Lipinski definition) is 0. The van der Waals surface area contributed by atoms with Gasteiger partial charge in [0.15, 0.2) is 0 Å². The van der Waals surface area contributed by atoms with Crippen molar-refractivity contribution in [3.05, 3.63) is 59.7 Å². The number of hydrogen-bond acceptors (Lipinski definition) is 6. The number of benzene rings is 2. The predicted molar refractivity (Wildman–Crippen MR) is 123 cm³/mol. The lowest BCUT2D eigenvalue weighted by Gasteiger charge is -2.19. The first kappa shape index (κ1) is 25.2. The Bertz CT molecular complexity index is 830. The van der Waals surface area contributed by atoms with Gasteiger partial charge in [0.2, 0.25) is 0 Å². The molecule has 0 heterocycles. The molecule has 0 amide bonds. The number of ether oxygens (including phenoxy) is 4. The molecule has 0 spiro atoms. The van der Waals surface area contributed by atoms with E-state index >= 15 is 0 Å². The van der Waals surface area contributed by atoms with Gasteiger partial charge in [-0.15, -0.1) is 0 Å². The fourth-order valence-corrected chi connectivity index (χ4v) is 2.90. The molecule has 0 aliphatic heterocycles. The van der Waals surface area contributed by atoms with Crippen molar-refractivity contribution in [1.82, 2.24) is 0 Å². The molecule has 0 bridgehead atoms. The molecular formula is C26H34O6. The average Bonchev–Trinajstić information content (AvgIpc) is 2.62. The maximum absolute atomic E-state index is 12.0. The maximum Gasteiger partial charge on any atom is 0.310 e. The van der Waals surface area contributed by atoms with Crippen LogP contribution in [0.25, 0.3) is 0 Å². The van der Waals surface area contributed by atoms with Crippen LogP contribution in [0, 0.1) is 0 Å². The van der Waals surface area contributed by atoms with Crippen LogP contribution in [-0.4, -0.2) is 36.4 Å². The molecule has 0 aliphatic rings. The van der Waals surface area contributed by atoms with Crippen molar-refractivity contribution in [2.24, 2.45) is 0 Å². The molecule has 0 aliphatic carbocycles. The molecule has 6 heteroatoms. The first-order valence-electron chi connectivity index (χ1n) is 10.8. The van der Waals surface area contributed by atoms with Gasteiger partial charge in [-0.3, -0.25) is 9.59 Å². The highest BCUT2D eigenvalue weighted by atomic mass is 16.6. The Labute approximate surface area is 190 Å². The van der Waals surface area contributed by atoms with E-state index in [0.29, 0.717) is 24.7 Å². The summed E-state index contributed by atoms with van der Waals surface area (Å²) in [6, 6.07) is 14.7. The number of carbonyl (C=O) groups is 2. The largest absolute Gasteiger partial charge is 0.490 e. The minimum absolute atomic E-state index is 0.190. The van der Waals surface area contributed by atoms with Gasteiger partial charge in [-0.1, -0.05) is 24.3 Å². The second-order valence-electron chi connectivity index (χ2n) is 9.52. The highest BCUT2D eigenvalue weighted by Crippen LogP contribution is 2.18. The SMILES string of the molecule is CC(C)(C)OC(=O)Cc1cccc(OCCOc2cccc(CC(=O)OC(C)(C)C)c2)c1. The van der Waals surface area contributed by atoms with Crippen LogP contribution in [0.5, 0.6) is 11.5 Å². The second-order valence-corrected chi connectivity index (χ2v) is 9.52. The molecule has 2 aromatic rings. The predicted octanol–water partition coefficient (Wildman–Crippen LogP) is 4.91. The fourth-order valence-electron chi connectivity index (χ4n) is 2.90. The van der Waals surface area contributed by atoms with Crippen molar-refractivity contribution in [2.75, 3.05) is 13.2 Å². The van der Waals surface area contributed by atoms with E-state index in [9.17, 15) is 9.59 Å². The van der Waals surface area contributed by atoms with Crippen molar-refractivity contribution in [3.8, 4) is 11.5 Å². The Morgan fingerprint density at radius 3 is 1.38 bits per heavy atom.